The summed E-state index contributed by atoms with van der Waals surface area (Å²) in [7, 11) is 1.93. The average Bonchev–Trinajstić information content (AvgIpc) is 2.39. The lowest BCUT2D eigenvalue weighted by molar-refractivity contribution is 1.15. The van der Waals surface area contributed by atoms with E-state index in [1.807, 2.05) is 54.4 Å². The minimum absolute atomic E-state index is 0.0246. The summed E-state index contributed by atoms with van der Waals surface area (Å²) < 4.78 is 0. The number of nitrogens with zero attached hydrogens (tertiary/aromatic N) is 2. The first-order chi connectivity index (χ1) is 8.20. The van der Waals surface area contributed by atoms with Crippen molar-refractivity contribution < 1.29 is 0 Å². The fraction of sp³-hybridized carbons (Fsp3) is 0.0769. The highest BCUT2D eigenvalue weighted by molar-refractivity contribution is 5.99. The van der Waals surface area contributed by atoms with Crippen LogP contribution < -0.4 is 10.6 Å². The number of nitrogens with one attached hydrogen (secondary N) is 1. The van der Waals surface area contributed by atoms with E-state index in [0.29, 0.717) is 5.69 Å². The Morgan fingerprint density at radius 1 is 1.18 bits per heavy atom. The molecule has 3 N–H and O–H groups in total. The Morgan fingerprint density at radius 2 is 1.88 bits per heavy atom. The Kier molecular flexibility index (Phi) is 3.05. The third-order valence-corrected chi connectivity index (χ3v) is 2.55. The van der Waals surface area contributed by atoms with Crippen molar-refractivity contribution in [3.8, 4) is 0 Å². The molecule has 0 aliphatic rings. The Balaban J connectivity index is 2.44. The lowest BCUT2D eigenvalue weighted by atomic mass is 10.2. The fourth-order valence-corrected chi connectivity index (χ4v) is 1.67. The van der Waals surface area contributed by atoms with Crippen LogP contribution in [0, 0.1) is 5.41 Å². The molecule has 0 aliphatic carbocycles. The predicted octanol–water partition coefficient (Wildman–Crippen LogP) is 2.13. The van der Waals surface area contributed by atoms with Gasteiger partial charge in [-0.15, -0.1) is 0 Å². The number of pyridine rings is 1. The second-order valence-corrected chi connectivity index (χ2v) is 3.68. The molecule has 0 radical (unpaired) electrons. The van der Waals surface area contributed by atoms with Crippen LogP contribution in [0.2, 0.25) is 0 Å². The SMILES string of the molecule is CN(c1ccccc1)c1cccnc1C(=N)N. The lowest BCUT2D eigenvalue weighted by Crippen LogP contribution is -2.19. The smallest absolute Gasteiger partial charge is 0.143 e. The normalized spacial score (nSPS) is 9.94. The van der Waals surface area contributed by atoms with E-state index in [9.17, 15) is 0 Å². The van der Waals surface area contributed by atoms with E-state index in [1.54, 1.807) is 6.20 Å². The van der Waals surface area contributed by atoms with Gasteiger partial charge in [0.25, 0.3) is 0 Å². The molecule has 0 aliphatic heterocycles. The first-order valence-corrected chi connectivity index (χ1v) is 5.28. The van der Waals surface area contributed by atoms with E-state index in [1.165, 1.54) is 0 Å². The van der Waals surface area contributed by atoms with Crippen LogP contribution in [0.4, 0.5) is 11.4 Å². The summed E-state index contributed by atoms with van der Waals surface area (Å²) in [6.07, 6.45) is 1.64. The van der Waals surface area contributed by atoms with E-state index in [0.717, 1.165) is 11.4 Å². The third-order valence-electron chi connectivity index (χ3n) is 2.55. The molecule has 0 atom stereocenters. The molecule has 4 heteroatoms. The lowest BCUT2D eigenvalue weighted by Gasteiger charge is -2.21. The highest BCUT2D eigenvalue weighted by atomic mass is 15.1. The van der Waals surface area contributed by atoms with Crippen molar-refractivity contribution in [1.82, 2.24) is 4.98 Å². The molecule has 0 fully saturated rings. The van der Waals surface area contributed by atoms with Crippen molar-refractivity contribution in [2.75, 3.05) is 11.9 Å². The minimum atomic E-state index is -0.0246. The van der Waals surface area contributed by atoms with E-state index in [4.69, 9.17) is 11.1 Å². The van der Waals surface area contributed by atoms with E-state index in [-0.39, 0.29) is 5.84 Å². The molecule has 0 unspecified atom stereocenters. The standard InChI is InChI=1S/C13H14N4/c1-17(10-6-3-2-4-7-10)11-8-5-9-16-12(11)13(14)15/h2-9H,1H3,(H3,14,15). The number of hydrogen-bond donors (Lipinski definition) is 2. The molecule has 1 aromatic carbocycles. The van der Waals surface area contributed by atoms with Gasteiger partial charge in [-0.25, -0.2) is 0 Å². The zero-order valence-corrected chi connectivity index (χ0v) is 9.59. The molecule has 0 spiro atoms. The van der Waals surface area contributed by atoms with Crippen LogP contribution >= 0.6 is 0 Å². The van der Waals surface area contributed by atoms with Gasteiger partial charge < -0.3 is 10.6 Å². The monoisotopic (exact) mass is 226 g/mol. The van der Waals surface area contributed by atoms with Gasteiger partial charge in [0.15, 0.2) is 0 Å². The number of rotatable bonds is 3. The minimum Gasteiger partial charge on any atom is -0.382 e. The van der Waals surface area contributed by atoms with Crippen molar-refractivity contribution in [1.29, 1.82) is 5.41 Å². The van der Waals surface area contributed by atoms with E-state index >= 15 is 0 Å². The van der Waals surface area contributed by atoms with Crippen LogP contribution in [0.25, 0.3) is 0 Å². The average molecular weight is 226 g/mol. The predicted molar refractivity (Wildman–Crippen MR) is 69.8 cm³/mol. The van der Waals surface area contributed by atoms with Crippen molar-refractivity contribution in [3.63, 3.8) is 0 Å². The molecule has 2 aromatic rings. The van der Waals surface area contributed by atoms with Crippen molar-refractivity contribution in [2.24, 2.45) is 5.73 Å². The number of nitrogen functional groups attached to an aromatic ring is 1. The molecule has 0 saturated heterocycles. The number of anilines is 2. The summed E-state index contributed by atoms with van der Waals surface area (Å²) in [4.78, 5) is 6.10. The summed E-state index contributed by atoms with van der Waals surface area (Å²) in [5, 5.41) is 7.52. The van der Waals surface area contributed by atoms with Crippen LogP contribution in [-0.2, 0) is 0 Å². The van der Waals surface area contributed by atoms with Gasteiger partial charge in [-0.3, -0.25) is 10.4 Å². The molecule has 1 aromatic heterocycles. The topological polar surface area (TPSA) is 66.0 Å². The second kappa shape index (κ2) is 4.65. The van der Waals surface area contributed by atoms with Gasteiger partial charge >= 0.3 is 0 Å². The fourth-order valence-electron chi connectivity index (χ4n) is 1.67. The molecule has 1 heterocycles. The molecule has 2 rings (SSSR count). The maximum Gasteiger partial charge on any atom is 0.143 e. The highest BCUT2D eigenvalue weighted by Crippen LogP contribution is 2.24. The number of hydrogen-bond acceptors (Lipinski definition) is 3. The largest absolute Gasteiger partial charge is 0.382 e. The number of benzene rings is 1. The summed E-state index contributed by atoms with van der Waals surface area (Å²) in [6.45, 7) is 0. The maximum atomic E-state index is 7.52. The van der Waals surface area contributed by atoms with Crippen molar-refractivity contribution in [2.45, 2.75) is 0 Å². The Bertz CT molecular complexity index is 522. The summed E-state index contributed by atoms with van der Waals surface area (Å²) >= 11 is 0. The van der Waals surface area contributed by atoms with Gasteiger partial charge in [-0.05, 0) is 24.3 Å². The Labute approximate surface area is 100 Å². The number of aromatic nitrogens is 1. The van der Waals surface area contributed by atoms with Gasteiger partial charge in [0.2, 0.25) is 0 Å². The second-order valence-electron chi connectivity index (χ2n) is 3.68. The summed E-state index contributed by atoms with van der Waals surface area (Å²) in [5.41, 5.74) is 7.88. The number of para-hydroxylation sites is 1. The van der Waals surface area contributed by atoms with Gasteiger partial charge in [0.05, 0.1) is 5.69 Å². The van der Waals surface area contributed by atoms with E-state index < -0.39 is 0 Å². The Hall–Kier alpha value is -2.36. The molecule has 0 amide bonds. The highest BCUT2D eigenvalue weighted by Gasteiger charge is 2.11. The van der Waals surface area contributed by atoms with Gasteiger partial charge in [0.1, 0.15) is 11.5 Å². The number of nitrogens with two attached hydrogens (primary N) is 1. The van der Waals surface area contributed by atoms with Crippen LogP contribution in [-0.4, -0.2) is 17.9 Å². The van der Waals surface area contributed by atoms with Gasteiger partial charge in [-0.1, -0.05) is 18.2 Å². The quantitative estimate of drug-likeness (QED) is 0.622. The van der Waals surface area contributed by atoms with Crippen molar-refractivity contribution >= 4 is 17.2 Å². The summed E-state index contributed by atoms with van der Waals surface area (Å²) in [5.74, 6) is -0.0246. The zero-order chi connectivity index (χ0) is 12.3. The molecule has 0 saturated carbocycles. The third kappa shape index (κ3) is 2.25. The van der Waals surface area contributed by atoms with E-state index in [2.05, 4.69) is 4.98 Å². The molecular weight excluding hydrogens is 212 g/mol. The first kappa shape index (κ1) is 11.1. The van der Waals surface area contributed by atoms with Crippen LogP contribution in [0.1, 0.15) is 5.69 Å². The summed E-state index contributed by atoms with van der Waals surface area (Å²) in [6, 6.07) is 13.6. The van der Waals surface area contributed by atoms with Crippen LogP contribution in [0.15, 0.2) is 48.7 Å². The maximum absolute atomic E-state index is 7.52. The van der Waals surface area contributed by atoms with Crippen molar-refractivity contribution in [3.05, 3.63) is 54.4 Å². The molecular formula is C13H14N4. The van der Waals surface area contributed by atoms with Crippen LogP contribution in [0.5, 0.6) is 0 Å². The Morgan fingerprint density at radius 3 is 2.53 bits per heavy atom. The molecule has 86 valence electrons. The number of amidine groups is 1. The molecule has 4 nitrogen and oxygen atoms in total. The zero-order valence-electron chi connectivity index (χ0n) is 9.59. The molecule has 17 heavy (non-hydrogen) atoms. The van der Waals surface area contributed by atoms with Gasteiger partial charge in [-0.2, -0.15) is 0 Å². The van der Waals surface area contributed by atoms with Gasteiger partial charge in [0, 0.05) is 18.9 Å². The van der Waals surface area contributed by atoms with Crippen LogP contribution in [0.3, 0.4) is 0 Å². The first-order valence-electron chi connectivity index (χ1n) is 5.28. The molecule has 0 bridgehead atoms.